The molecule has 0 saturated heterocycles. The van der Waals surface area contributed by atoms with Gasteiger partial charge in [-0.2, -0.15) is 0 Å². The first-order valence-electron chi connectivity index (χ1n) is 5.24. The van der Waals surface area contributed by atoms with E-state index in [4.69, 9.17) is 0 Å². The fourth-order valence-corrected chi connectivity index (χ4v) is 2.06. The Morgan fingerprint density at radius 3 is 2.71 bits per heavy atom. The lowest BCUT2D eigenvalue weighted by Crippen LogP contribution is -2.39. The van der Waals surface area contributed by atoms with Gasteiger partial charge in [-0.25, -0.2) is 9.78 Å². The van der Waals surface area contributed by atoms with Crippen LogP contribution in [-0.2, 0) is 20.6 Å². The topological polar surface area (TPSA) is 61.8 Å². The average Bonchev–Trinajstić information content (AvgIpc) is 2.69. The Morgan fingerprint density at radius 2 is 2.06 bits per heavy atom. The van der Waals surface area contributed by atoms with E-state index in [1.54, 1.807) is 25.0 Å². The summed E-state index contributed by atoms with van der Waals surface area (Å²) >= 11 is 3.29. The summed E-state index contributed by atoms with van der Waals surface area (Å²) in [7, 11) is 3.37. The number of alkyl halides is 1. The van der Waals surface area contributed by atoms with Crippen molar-refractivity contribution in [2.45, 2.75) is 13.0 Å². The summed E-state index contributed by atoms with van der Waals surface area (Å²) in [6, 6.07) is 0. The molecule has 0 radical (unpaired) electrons. The molecule has 0 amide bonds. The molecule has 2 aromatic rings. The van der Waals surface area contributed by atoms with E-state index in [9.17, 15) is 9.59 Å². The zero-order chi connectivity index (χ0) is 12.6. The van der Waals surface area contributed by atoms with Crippen molar-refractivity contribution in [1.82, 2.24) is 18.7 Å². The molecule has 7 heteroatoms. The molecule has 0 unspecified atom stereocenters. The SMILES string of the molecule is Cn1cnc2c1c(=O)n(CCCBr)c(=O)n2C. The van der Waals surface area contributed by atoms with Crippen LogP contribution in [0.1, 0.15) is 6.42 Å². The molecule has 0 aliphatic rings. The lowest BCUT2D eigenvalue weighted by molar-refractivity contribution is 0.595. The van der Waals surface area contributed by atoms with Crippen LogP contribution in [0.4, 0.5) is 0 Å². The van der Waals surface area contributed by atoms with Gasteiger partial charge in [0, 0.05) is 26.0 Å². The van der Waals surface area contributed by atoms with E-state index in [1.165, 1.54) is 9.13 Å². The van der Waals surface area contributed by atoms with Crippen molar-refractivity contribution in [2.75, 3.05) is 5.33 Å². The Kier molecular flexibility index (Phi) is 3.19. The number of imidazole rings is 1. The maximum Gasteiger partial charge on any atom is 0.332 e. The molecular formula is C10H13BrN4O2. The van der Waals surface area contributed by atoms with Crippen molar-refractivity contribution in [3.05, 3.63) is 27.2 Å². The standard InChI is InChI=1S/C10H13BrN4O2/c1-13-6-12-8-7(13)9(16)15(5-3-4-11)10(17)14(8)2/h6H,3-5H2,1-2H3. The van der Waals surface area contributed by atoms with Gasteiger partial charge in [-0.1, -0.05) is 15.9 Å². The number of hydrogen-bond acceptors (Lipinski definition) is 3. The third kappa shape index (κ3) is 1.84. The van der Waals surface area contributed by atoms with Gasteiger partial charge in [-0.15, -0.1) is 0 Å². The summed E-state index contributed by atoms with van der Waals surface area (Å²) in [5.41, 5.74) is 0.297. The van der Waals surface area contributed by atoms with Crippen LogP contribution in [0.3, 0.4) is 0 Å². The molecule has 0 aromatic carbocycles. The molecule has 17 heavy (non-hydrogen) atoms. The molecule has 0 bridgehead atoms. The second-order valence-corrected chi connectivity index (χ2v) is 4.66. The van der Waals surface area contributed by atoms with E-state index >= 15 is 0 Å². The second-order valence-electron chi connectivity index (χ2n) is 3.87. The van der Waals surface area contributed by atoms with Crippen molar-refractivity contribution in [1.29, 1.82) is 0 Å². The zero-order valence-electron chi connectivity index (χ0n) is 9.68. The van der Waals surface area contributed by atoms with Gasteiger partial charge in [0.15, 0.2) is 11.2 Å². The lowest BCUT2D eigenvalue weighted by atomic mass is 10.4. The van der Waals surface area contributed by atoms with Crippen molar-refractivity contribution < 1.29 is 0 Å². The van der Waals surface area contributed by atoms with Crippen LogP contribution in [0.15, 0.2) is 15.9 Å². The zero-order valence-corrected chi connectivity index (χ0v) is 11.3. The van der Waals surface area contributed by atoms with Crippen LogP contribution in [0, 0.1) is 0 Å². The van der Waals surface area contributed by atoms with Gasteiger partial charge < -0.3 is 4.57 Å². The van der Waals surface area contributed by atoms with E-state index in [0.717, 1.165) is 11.8 Å². The van der Waals surface area contributed by atoms with E-state index < -0.39 is 0 Å². The largest absolute Gasteiger partial charge is 0.332 e. The molecule has 92 valence electrons. The summed E-state index contributed by atoms with van der Waals surface area (Å²) < 4.78 is 4.30. The highest BCUT2D eigenvalue weighted by Crippen LogP contribution is 2.03. The van der Waals surface area contributed by atoms with E-state index in [-0.39, 0.29) is 11.2 Å². The Labute approximate surface area is 106 Å². The highest BCUT2D eigenvalue weighted by Gasteiger charge is 2.13. The van der Waals surface area contributed by atoms with Gasteiger partial charge in [0.05, 0.1) is 6.33 Å². The minimum absolute atomic E-state index is 0.274. The third-order valence-corrected chi connectivity index (χ3v) is 3.28. The number of nitrogens with zero attached hydrogens (tertiary/aromatic N) is 4. The monoisotopic (exact) mass is 300 g/mol. The number of aryl methyl sites for hydroxylation is 2. The fraction of sp³-hybridized carbons (Fsp3) is 0.500. The number of fused-ring (bicyclic) bond motifs is 1. The van der Waals surface area contributed by atoms with Gasteiger partial charge in [0.2, 0.25) is 0 Å². The maximum absolute atomic E-state index is 12.2. The number of aromatic nitrogens is 4. The quantitative estimate of drug-likeness (QED) is 0.762. The average molecular weight is 301 g/mol. The molecule has 0 spiro atoms. The Balaban J connectivity index is 2.80. The van der Waals surface area contributed by atoms with Crippen molar-refractivity contribution >= 4 is 27.1 Å². The maximum atomic E-state index is 12.2. The summed E-state index contributed by atoms with van der Waals surface area (Å²) in [5, 5.41) is 0.756. The molecule has 2 rings (SSSR count). The summed E-state index contributed by atoms with van der Waals surface area (Å²) in [6.45, 7) is 0.415. The molecule has 0 saturated carbocycles. The second kappa shape index (κ2) is 4.48. The Bertz CT molecular complexity index is 667. The van der Waals surface area contributed by atoms with Crippen molar-refractivity contribution in [3.63, 3.8) is 0 Å². The molecular weight excluding hydrogens is 288 g/mol. The molecule has 2 heterocycles. The van der Waals surface area contributed by atoms with Crippen LogP contribution < -0.4 is 11.2 Å². The van der Waals surface area contributed by atoms with Gasteiger partial charge in [-0.3, -0.25) is 13.9 Å². The first kappa shape index (κ1) is 12.1. The summed E-state index contributed by atoms with van der Waals surface area (Å²) in [4.78, 5) is 28.2. The molecule has 6 nitrogen and oxygen atoms in total. The van der Waals surface area contributed by atoms with Gasteiger partial charge >= 0.3 is 5.69 Å². The van der Waals surface area contributed by atoms with Gasteiger partial charge in [0.25, 0.3) is 5.56 Å². The highest BCUT2D eigenvalue weighted by molar-refractivity contribution is 9.09. The van der Waals surface area contributed by atoms with Crippen LogP contribution in [0.2, 0.25) is 0 Å². The first-order chi connectivity index (χ1) is 8.07. The number of rotatable bonds is 3. The van der Waals surface area contributed by atoms with Crippen LogP contribution in [0.25, 0.3) is 11.2 Å². The summed E-state index contributed by atoms with van der Waals surface area (Å²) in [5.74, 6) is 0. The lowest BCUT2D eigenvalue weighted by Gasteiger charge is -2.07. The van der Waals surface area contributed by atoms with Crippen molar-refractivity contribution in [3.8, 4) is 0 Å². The molecule has 0 atom stereocenters. The Hall–Kier alpha value is -1.37. The minimum atomic E-state index is -0.317. The van der Waals surface area contributed by atoms with Gasteiger partial charge in [-0.05, 0) is 6.42 Å². The number of halogens is 1. The fourth-order valence-electron chi connectivity index (χ4n) is 1.81. The van der Waals surface area contributed by atoms with Crippen LogP contribution >= 0.6 is 15.9 Å². The Morgan fingerprint density at radius 1 is 1.35 bits per heavy atom. The molecule has 0 fully saturated rings. The highest BCUT2D eigenvalue weighted by atomic mass is 79.9. The van der Waals surface area contributed by atoms with E-state index in [0.29, 0.717) is 17.7 Å². The summed E-state index contributed by atoms with van der Waals surface area (Å²) in [6.07, 6.45) is 2.28. The van der Waals surface area contributed by atoms with Crippen molar-refractivity contribution in [2.24, 2.45) is 14.1 Å². The predicted molar refractivity (Wildman–Crippen MR) is 68.6 cm³/mol. The van der Waals surface area contributed by atoms with Gasteiger partial charge in [0.1, 0.15) is 0 Å². The van der Waals surface area contributed by atoms with E-state index in [2.05, 4.69) is 20.9 Å². The van der Waals surface area contributed by atoms with E-state index in [1.807, 2.05) is 0 Å². The molecule has 0 aliphatic heterocycles. The van der Waals surface area contributed by atoms with Crippen LogP contribution in [-0.4, -0.2) is 24.0 Å². The first-order valence-corrected chi connectivity index (χ1v) is 6.37. The minimum Gasteiger partial charge on any atom is -0.328 e. The molecule has 0 N–H and O–H groups in total. The third-order valence-electron chi connectivity index (χ3n) is 2.72. The molecule has 2 aromatic heterocycles. The normalized spacial score (nSPS) is 11.2. The molecule has 0 aliphatic carbocycles. The number of hydrogen-bond donors (Lipinski definition) is 0. The smallest absolute Gasteiger partial charge is 0.328 e. The predicted octanol–water partition coefficient (Wildman–Crippen LogP) is 0.219. The van der Waals surface area contributed by atoms with Crippen LogP contribution in [0.5, 0.6) is 0 Å².